The zero-order valence-corrected chi connectivity index (χ0v) is 24.5. The molecule has 10 nitrogen and oxygen atoms in total. The Morgan fingerprint density at radius 1 is 0.952 bits per heavy atom. The summed E-state index contributed by atoms with van der Waals surface area (Å²) in [5, 5.41) is 1.22. The number of piperidine rings is 1. The van der Waals surface area contributed by atoms with Gasteiger partial charge >= 0.3 is 11.9 Å². The molecule has 42 heavy (non-hydrogen) atoms. The Kier molecular flexibility index (Phi) is 8.00. The fraction of sp³-hybridized carbons (Fsp3) is 0.500. The Bertz CT molecular complexity index is 1440. The number of fused-ring (bicyclic) bond motifs is 6. The van der Waals surface area contributed by atoms with E-state index >= 15 is 0 Å². The van der Waals surface area contributed by atoms with E-state index in [0.717, 1.165) is 37.2 Å². The number of benzene rings is 2. The summed E-state index contributed by atoms with van der Waals surface area (Å²) in [6.45, 7) is 1.48. The number of nitrogens with one attached hydrogen (secondary N) is 1. The summed E-state index contributed by atoms with van der Waals surface area (Å²) in [6.07, 6.45) is 1.11. The SMILES string of the molecule is COC(=O)C1[C@H](OC)C(OC(=O)COc2ccc(OC)cc2)C[C@@H]2CN3CCc4c([nH]c5cc(OC)ccc45)[C@H]3C[C@@H]12. The molecule has 224 valence electrons. The highest BCUT2D eigenvalue weighted by Crippen LogP contribution is 2.50. The van der Waals surface area contributed by atoms with E-state index in [1.165, 1.54) is 23.8 Å². The summed E-state index contributed by atoms with van der Waals surface area (Å²) >= 11 is 0. The van der Waals surface area contributed by atoms with Gasteiger partial charge < -0.3 is 33.4 Å². The van der Waals surface area contributed by atoms with E-state index in [1.54, 1.807) is 45.6 Å². The van der Waals surface area contributed by atoms with Gasteiger partial charge in [0.1, 0.15) is 29.5 Å². The average molecular weight is 579 g/mol. The van der Waals surface area contributed by atoms with Gasteiger partial charge in [-0.2, -0.15) is 0 Å². The number of carbonyl (C=O) groups is 2. The molecule has 1 aliphatic carbocycles. The second-order valence-corrected chi connectivity index (χ2v) is 11.3. The van der Waals surface area contributed by atoms with E-state index in [-0.39, 0.29) is 30.5 Å². The number of methoxy groups -OCH3 is 4. The Morgan fingerprint density at radius 3 is 2.40 bits per heavy atom. The Balaban J connectivity index is 1.21. The van der Waals surface area contributed by atoms with Crippen LogP contribution in [0.25, 0.3) is 10.9 Å². The van der Waals surface area contributed by atoms with Crippen molar-refractivity contribution in [2.24, 2.45) is 17.8 Å². The molecule has 2 aliphatic heterocycles. The lowest BCUT2D eigenvalue weighted by atomic mass is 9.64. The summed E-state index contributed by atoms with van der Waals surface area (Å²) in [6, 6.07) is 13.3. The fourth-order valence-electron chi connectivity index (χ4n) is 7.37. The van der Waals surface area contributed by atoms with Crippen LogP contribution in [0, 0.1) is 17.8 Å². The van der Waals surface area contributed by atoms with Crippen molar-refractivity contribution in [1.82, 2.24) is 9.88 Å². The summed E-state index contributed by atoms with van der Waals surface area (Å²) in [5.41, 5.74) is 3.62. The molecule has 2 fully saturated rings. The molecule has 10 heteroatoms. The first-order valence-corrected chi connectivity index (χ1v) is 14.4. The minimum atomic E-state index is -0.620. The van der Waals surface area contributed by atoms with Gasteiger partial charge in [0.25, 0.3) is 0 Å². The van der Waals surface area contributed by atoms with Crippen molar-refractivity contribution in [2.45, 2.75) is 37.5 Å². The molecule has 0 amide bonds. The number of ether oxygens (including phenoxy) is 6. The molecule has 1 aromatic heterocycles. The topological polar surface area (TPSA) is 109 Å². The van der Waals surface area contributed by atoms with Gasteiger partial charge in [-0.25, -0.2) is 4.79 Å². The summed E-state index contributed by atoms with van der Waals surface area (Å²) in [5.74, 6) is 0.800. The van der Waals surface area contributed by atoms with Crippen LogP contribution in [0.4, 0.5) is 0 Å². The van der Waals surface area contributed by atoms with Crippen LogP contribution in [0.3, 0.4) is 0 Å². The molecule has 6 atom stereocenters. The van der Waals surface area contributed by atoms with Gasteiger partial charge in [-0.1, -0.05) is 0 Å². The van der Waals surface area contributed by atoms with Crippen molar-refractivity contribution in [2.75, 3.05) is 48.1 Å². The maximum absolute atomic E-state index is 13.3. The quantitative estimate of drug-likeness (QED) is 0.398. The highest BCUT2D eigenvalue weighted by molar-refractivity contribution is 5.86. The zero-order valence-electron chi connectivity index (χ0n) is 24.5. The molecule has 3 heterocycles. The standard InChI is InChI=1S/C32H38N2O8/c1-37-19-5-7-20(8-6-19)41-17-28(35)42-27-13-18-16-34-12-11-23-22-10-9-21(38-2)14-25(22)33-30(23)26(34)15-24(18)29(31(27)39-3)32(36)40-4/h5-10,14,18,24,26-27,29,31,33H,11-13,15-17H2,1-4H3/t18-,24-,26-,27?,29?,31-/m1/s1. The van der Waals surface area contributed by atoms with Crippen LogP contribution in [-0.4, -0.2) is 82.2 Å². The number of hydrogen-bond acceptors (Lipinski definition) is 9. The van der Waals surface area contributed by atoms with Crippen LogP contribution in [0.1, 0.15) is 30.1 Å². The zero-order chi connectivity index (χ0) is 29.4. The molecule has 1 N–H and O–H groups in total. The van der Waals surface area contributed by atoms with Crippen molar-refractivity contribution in [3.63, 3.8) is 0 Å². The highest BCUT2D eigenvalue weighted by Gasteiger charge is 2.54. The van der Waals surface area contributed by atoms with Crippen LogP contribution >= 0.6 is 0 Å². The van der Waals surface area contributed by atoms with Crippen LogP contribution in [-0.2, 0) is 30.2 Å². The van der Waals surface area contributed by atoms with Gasteiger partial charge in [-0.05, 0) is 73.1 Å². The predicted molar refractivity (Wildman–Crippen MR) is 154 cm³/mol. The molecule has 0 bridgehead atoms. The number of aromatic nitrogens is 1. The van der Waals surface area contributed by atoms with Crippen LogP contribution in [0.5, 0.6) is 17.2 Å². The Hall–Kier alpha value is -3.76. The molecule has 0 spiro atoms. The third-order valence-electron chi connectivity index (χ3n) is 9.30. The van der Waals surface area contributed by atoms with E-state index in [1.807, 2.05) is 12.1 Å². The Labute approximate surface area is 245 Å². The lowest BCUT2D eigenvalue weighted by Crippen LogP contribution is -2.58. The van der Waals surface area contributed by atoms with Gasteiger partial charge in [-0.15, -0.1) is 0 Å². The smallest absolute Gasteiger partial charge is 0.344 e. The molecule has 2 unspecified atom stereocenters. The number of esters is 2. The van der Waals surface area contributed by atoms with Gasteiger partial charge in [-0.3, -0.25) is 9.69 Å². The second kappa shape index (κ2) is 11.9. The van der Waals surface area contributed by atoms with Crippen molar-refractivity contribution in [1.29, 1.82) is 0 Å². The van der Waals surface area contributed by atoms with Gasteiger partial charge in [0.05, 0.1) is 33.3 Å². The molecular weight excluding hydrogens is 540 g/mol. The maximum Gasteiger partial charge on any atom is 0.344 e. The van der Waals surface area contributed by atoms with E-state index in [2.05, 4.69) is 16.0 Å². The van der Waals surface area contributed by atoms with Gasteiger partial charge in [0.15, 0.2) is 6.61 Å². The van der Waals surface area contributed by atoms with Gasteiger partial charge in [0, 0.05) is 42.9 Å². The maximum atomic E-state index is 13.3. The molecule has 3 aliphatic rings. The monoisotopic (exact) mass is 578 g/mol. The van der Waals surface area contributed by atoms with Gasteiger partial charge in [0.2, 0.25) is 0 Å². The van der Waals surface area contributed by atoms with Crippen molar-refractivity contribution < 1.29 is 38.0 Å². The first-order valence-electron chi connectivity index (χ1n) is 14.4. The highest BCUT2D eigenvalue weighted by atomic mass is 16.6. The van der Waals surface area contributed by atoms with E-state index in [9.17, 15) is 9.59 Å². The molecular formula is C32H38N2O8. The summed E-state index contributed by atoms with van der Waals surface area (Å²) < 4.78 is 33.4. The van der Waals surface area contributed by atoms with Crippen LogP contribution in [0.2, 0.25) is 0 Å². The molecule has 2 aromatic carbocycles. The van der Waals surface area contributed by atoms with Crippen LogP contribution in [0.15, 0.2) is 42.5 Å². The van der Waals surface area contributed by atoms with E-state index < -0.39 is 24.1 Å². The van der Waals surface area contributed by atoms with Crippen molar-refractivity contribution in [3.05, 3.63) is 53.7 Å². The lowest BCUT2D eigenvalue weighted by Gasteiger charge is -2.52. The first-order chi connectivity index (χ1) is 20.4. The molecule has 3 aromatic rings. The van der Waals surface area contributed by atoms with Crippen molar-refractivity contribution >= 4 is 22.8 Å². The van der Waals surface area contributed by atoms with Crippen molar-refractivity contribution in [3.8, 4) is 17.2 Å². The van der Waals surface area contributed by atoms with E-state index in [4.69, 9.17) is 28.4 Å². The number of H-pyrrole nitrogens is 1. The Morgan fingerprint density at radius 2 is 1.69 bits per heavy atom. The second-order valence-electron chi connectivity index (χ2n) is 11.3. The summed E-state index contributed by atoms with van der Waals surface area (Å²) in [7, 11) is 6.23. The minimum Gasteiger partial charge on any atom is -0.497 e. The third kappa shape index (κ3) is 5.18. The minimum absolute atomic E-state index is 0.0149. The number of nitrogens with zero attached hydrogens (tertiary/aromatic N) is 1. The number of aromatic amines is 1. The lowest BCUT2D eigenvalue weighted by molar-refractivity contribution is -0.190. The van der Waals surface area contributed by atoms with E-state index in [0.29, 0.717) is 17.9 Å². The normalized spacial score (nSPS) is 26.9. The first kappa shape index (κ1) is 28.4. The predicted octanol–water partition coefficient (Wildman–Crippen LogP) is 3.92. The number of hydrogen-bond donors (Lipinski definition) is 1. The molecule has 1 saturated carbocycles. The summed E-state index contributed by atoms with van der Waals surface area (Å²) in [4.78, 5) is 32.4. The van der Waals surface area contributed by atoms with Crippen LogP contribution < -0.4 is 14.2 Å². The molecule has 1 saturated heterocycles. The number of rotatable bonds is 8. The largest absolute Gasteiger partial charge is 0.497 e. The third-order valence-corrected chi connectivity index (χ3v) is 9.30. The molecule has 0 radical (unpaired) electrons. The average Bonchev–Trinajstić information content (AvgIpc) is 3.40. The molecule has 6 rings (SSSR count). The fourth-order valence-corrected chi connectivity index (χ4v) is 7.37. The number of carbonyl (C=O) groups excluding carboxylic acids is 2.